The number of methoxy groups -OCH3 is 1. The highest BCUT2D eigenvalue weighted by atomic mass is 16.5. The predicted molar refractivity (Wildman–Crippen MR) is 73.2 cm³/mol. The molecule has 0 saturated carbocycles. The van der Waals surface area contributed by atoms with Crippen LogP contribution in [0.5, 0.6) is 0 Å². The number of nitrogens with zero attached hydrogens (tertiary/aromatic N) is 1. The van der Waals surface area contributed by atoms with E-state index in [9.17, 15) is 9.59 Å². The molecule has 104 valence electrons. The Labute approximate surface area is 113 Å². The van der Waals surface area contributed by atoms with Crippen LogP contribution in [0.1, 0.15) is 10.4 Å². The Hall–Kier alpha value is -1.72. The molecule has 1 N–H and O–H groups in total. The Morgan fingerprint density at radius 1 is 1.21 bits per heavy atom. The van der Waals surface area contributed by atoms with E-state index in [1.54, 1.807) is 31.2 Å². The number of Topliss-reactive ketones (excluding diaryl/α,β-unsaturated/α-hetero) is 1. The van der Waals surface area contributed by atoms with Gasteiger partial charge in [-0.1, -0.05) is 30.3 Å². The SMILES string of the molecule is COCCNC(=O)CN(C)CC(=O)c1ccccc1. The highest BCUT2D eigenvalue weighted by molar-refractivity contribution is 5.97. The van der Waals surface area contributed by atoms with E-state index in [0.29, 0.717) is 18.7 Å². The third-order valence-corrected chi connectivity index (χ3v) is 2.55. The van der Waals surface area contributed by atoms with Crippen LogP contribution in [0.25, 0.3) is 0 Å². The van der Waals surface area contributed by atoms with Crippen molar-refractivity contribution in [3.05, 3.63) is 35.9 Å². The summed E-state index contributed by atoms with van der Waals surface area (Å²) in [5, 5.41) is 2.71. The maximum Gasteiger partial charge on any atom is 0.234 e. The smallest absolute Gasteiger partial charge is 0.234 e. The van der Waals surface area contributed by atoms with E-state index in [1.165, 1.54) is 0 Å². The molecule has 1 rings (SSSR count). The molecule has 0 atom stereocenters. The van der Waals surface area contributed by atoms with Gasteiger partial charge in [0.2, 0.25) is 5.91 Å². The first-order valence-electron chi connectivity index (χ1n) is 6.16. The number of hydrogen-bond donors (Lipinski definition) is 1. The monoisotopic (exact) mass is 264 g/mol. The van der Waals surface area contributed by atoms with Crippen molar-refractivity contribution in [1.29, 1.82) is 0 Å². The van der Waals surface area contributed by atoms with Crippen molar-refractivity contribution in [2.24, 2.45) is 0 Å². The second-order valence-corrected chi connectivity index (χ2v) is 4.30. The summed E-state index contributed by atoms with van der Waals surface area (Å²) in [6.07, 6.45) is 0. The Bertz CT molecular complexity index is 406. The first kappa shape index (κ1) is 15.3. The minimum absolute atomic E-state index is 0.00721. The number of likely N-dealkylation sites (N-methyl/N-ethyl adjacent to an activating group) is 1. The number of carbonyl (C=O) groups excluding carboxylic acids is 2. The van der Waals surface area contributed by atoms with Crippen LogP contribution in [0.4, 0.5) is 0 Å². The van der Waals surface area contributed by atoms with Crippen molar-refractivity contribution >= 4 is 11.7 Å². The third kappa shape index (κ3) is 6.13. The molecular weight excluding hydrogens is 244 g/mol. The van der Waals surface area contributed by atoms with Crippen LogP contribution in [0.3, 0.4) is 0 Å². The molecule has 0 aliphatic carbocycles. The summed E-state index contributed by atoms with van der Waals surface area (Å²) in [7, 11) is 3.33. The summed E-state index contributed by atoms with van der Waals surface area (Å²) in [5.41, 5.74) is 0.661. The van der Waals surface area contributed by atoms with Gasteiger partial charge in [0.1, 0.15) is 0 Å². The van der Waals surface area contributed by atoms with Crippen LogP contribution >= 0.6 is 0 Å². The van der Waals surface area contributed by atoms with Crippen molar-refractivity contribution in [2.75, 3.05) is 40.4 Å². The summed E-state index contributed by atoms with van der Waals surface area (Å²) < 4.78 is 4.84. The molecule has 0 radical (unpaired) electrons. The van der Waals surface area contributed by atoms with Gasteiger partial charge in [-0.25, -0.2) is 0 Å². The number of benzene rings is 1. The van der Waals surface area contributed by atoms with E-state index < -0.39 is 0 Å². The summed E-state index contributed by atoms with van der Waals surface area (Å²) >= 11 is 0. The lowest BCUT2D eigenvalue weighted by Crippen LogP contribution is -2.38. The zero-order valence-electron chi connectivity index (χ0n) is 11.4. The van der Waals surface area contributed by atoms with Gasteiger partial charge < -0.3 is 10.1 Å². The molecule has 0 saturated heterocycles. The third-order valence-electron chi connectivity index (χ3n) is 2.55. The van der Waals surface area contributed by atoms with E-state index in [2.05, 4.69) is 5.32 Å². The zero-order valence-corrected chi connectivity index (χ0v) is 11.4. The summed E-state index contributed by atoms with van der Waals surface area (Å²) in [5.74, 6) is -0.104. The first-order valence-corrected chi connectivity index (χ1v) is 6.16. The fourth-order valence-electron chi connectivity index (χ4n) is 1.61. The quantitative estimate of drug-likeness (QED) is 0.551. The predicted octanol–water partition coefficient (Wildman–Crippen LogP) is 0.564. The lowest BCUT2D eigenvalue weighted by atomic mass is 10.1. The molecule has 0 aliphatic heterocycles. The van der Waals surface area contributed by atoms with Gasteiger partial charge in [-0.05, 0) is 7.05 Å². The molecule has 0 heterocycles. The van der Waals surface area contributed by atoms with Gasteiger partial charge in [-0.15, -0.1) is 0 Å². The molecule has 0 spiro atoms. The highest BCUT2D eigenvalue weighted by Gasteiger charge is 2.11. The second kappa shape index (κ2) is 8.39. The Morgan fingerprint density at radius 3 is 2.53 bits per heavy atom. The average Bonchev–Trinajstić information content (AvgIpc) is 2.39. The fraction of sp³-hybridized carbons (Fsp3) is 0.429. The maximum atomic E-state index is 11.9. The number of ketones is 1. The number of amides is 1. The van der Waals surface area contributed by atoms with Gasteiger partial charge in [-0.2, -0.15) is 0 Å². The molecule has 0 unspecified atom stereocenters. The summed E-state index contributed by atoms with van der Waals surface area (Å²) in [6.45, 7) is 1.39. The van der Waals surface area contributed by atoms with Gasteiger partial charge in [0.05, 0.1) is 19.7 Å². The normalized spacial score (nSPS) is 10.5. The van der Waals surface area contributed by atoms with Crippen molar-refractivity contribution in [3.63, 3.8) is 0 Å². The molecule has 19 heavy (non-hydrogen) atoms. The van der Waals surface area contributed by atoms with E-state index in [1.807, 2.05) is 18.2 Å². The van der Waals surface area contributed by atoms with Gasteiger partial charge in [-0.3, -0.25) is 14.5 Å². The average molecular weight is 264 g/mol. The maximum absolute atomic E-state index is 11.9. The van der Waals surface area contributed by atoms with Crippen LogP contribution in [-0.2, 0) is 9.53 Å². The van der Waals surface area contributed by atoms with Crippen LogP contribution < -0.4 is 5.32 Å². The van der Waals surface area contributed by atoms with Gasteiger partial charge in [0.15, 0.2) is 5.78 Å². The van der Waals surface area contributed by atoms with Gasteiger partial charge in [0, 0.05) is 19.2 Å². The molecule has 5 heteroatoms. The zero-order chi connectivity index (χ0) is 14.1. The van der Waals surface area contributed by atoms with Crippen LogP contribution in [0.15, 0.2) is 30.3 Å². The second-order valence-electron chi connectivity index (χ2n) is 4.30. The Kier molecular flexibility index (Phi) is 6.78. The fourth-order valence-corrected chi connectivity index (χ4v) is 1.61. The summed E-state index contributed by atoms with van der Waals surface area (Å²) in [6, 6.07) is 9.06. The number of ether oxygens (including phenoxy) is 1. The molecule has 1 amide bonds. The molecule has 0 fully saturated rings. The van der Waals surface area contributed by atoms with Crippen molar-refractivity contribution in [2.45, 2.75) is 0 Å². The van der Waals surface area contributed by atoms with Crippen LogP contribution in [0.2, 0.25) is 0 Å². The summed E-state index contributed by atoms with van der Waals surface area (Å²) in [4.78, 5) is 25.1. The Morgan fingerprint density at radius 2 is 1.89 bits per heavy atom. The highest BCUT2D eigenvalue weighted by Crippen LogP contribution is 2.00. The van der Waals surface area contributed by atoms with Gasteiger partial charge >= 0.3 is 0 Å². The number of rotatable bonds is 8. The first-order chi connectivity index (χ1) is 9.13. The Balaban J connectivity index is 2.33. The molecule has 1 aromatic rings. The van der Waals surface area contributed by atoms with E-state index in [0.717, 1.165) is 0 Å². The van der Waals surface area contributed by atoms with Crippen molar-refractivity contribution in [3.8, 4) is 0 Å². The number of carbonyl (C=O) groups is 2. The molecule has 5 nitrogen and oxygen atoms in total. The van der Waals surface area contributed by atoms with E-state index in [-0.39, 0.29) is 24.8 Å². The molecular formula is C14H20N2O3. The minimum atomic E-state index is -0.111. The lowest BCUT2D eigenvalue weighted by molar-refractivity contribution is -0.122. The molecule has 0 aromatic heterocycles. The minimum Gasteiger partial charge on any atom is -0.383 e. The van der Waals surface area contributed by atoms with E-state index >= 15 is 0 Å². The van der Waals surface area contributed by atoms with Crippen molar-refractivity contribution in [1.82, 2.24) is 10.2 Å². The topological polar surface area (TPSA) is 58.6 Å². The van der Waals surface area contributed by atoms with Crippen molar-refractivity contribution < 1.29 is 14.3 Å². The number of nitrogens with one attached hydrogen (secondary N) is 1. The van der Waals surface area contributed by atoms with E-state index in [4.69, 9.17) is 4.74 Å². The molecule has 1 aromatic carbocycles. The molecule has 0 bridgehead atoms. The number of hydrogen-bond acceptors (Lipinski definition) is 4. The van der Waals surface area contributed by atoms with Gasteiger partial charge in [0.25, 0.3) is 0 Å². The van der Waals surface area contributed by atoms with Crippen LogP contribution in [0, 0.1) is 0 Å². The lowest BCUT2D eigenvalue weighted by Gasteiger charge is -2.15. The molecule has 0 aliphatic rings. The largest absolute Gasteiger partial charge is 0.383 e. The van der Waals surface area contributed by atoms with Crippen LogP contribution in [-0.4, -0.2) is 57.0 Å². The standard InChI is InChI=1S/C14H20N2O3/c1-16(11-14(18)15-8-9-19-2)10-13(17)12-6-4-3-5-7-12/h3-7H,8-11H2,1-2H3,(H,15,18).